The van der Waals surface area contributed by atoms with Crippen molar-refractivity contribution in [2.75, 3.05) is 19.8 Å². The Morgan fingerprint density at radius 2 is 1.92 bits per heavy atom. The van der Waals surface area contributed by atoms with Crippen LogP contribution in [0.3, 0.4) is 0 Å². The highest BCUT2D eigenvalue weighted by molar-refractivity contribution is 7.14. The standard InChI is InChI=1S/C17H23N3O3S/c21-16(8-20-12-5-6-13(20)10-23-9-12)18-19-17(22)15-7-11-3-1-2-4-14(11)24-15/h7,12-13H,1-6,8-10H2,(H,18,21)(H,19,22). The van der Waals surface area contributed by atoms with E-state index in [9.17, 15) is 9.59 Å². The van der Waals surface area contributed by atoms with E-state index in [4.69, 9.17) is 4.74 Å². The monoisotopic (exact) mass is 349 g/mol. The lowest BCUT2D eigenvalue weighted by Crippen LogP contribution is -2.52. The van der Waals surface area contributed by atoms with Crippen LogP contribution in [-0.4, -0.2) is 48.6 Å². The third kappa shape index (κ3) is 3.20. The smallest absolute Gasteiger partial charge is 0.279 e. The van der Waals surface area contributed by atoms with Crippen LogP contribution < -0.4 is 10.9 Å². The zero-order chi connectivity index (χ0) is 16.5. The number of carbonyl (C=O) groups is 2. The number of amides is 2. The predicted molar refractivity (Wildman–Crippen MR) is 90.9 cm³/mol. The van der Waals surface area contributed by atoms with Crippen molar-refractivity contribution in [3.63, 3.8) is 0 Å². The van der Waals surface area contributed by atoms with Crippen molar-refractivity contribution in [1.29, 1.82) is 0 Å². The molecule has 2 atom stereocenters. The molecule has 2 N–H and O–H groups in total. The van der Waals surface area contributed by atoms with E-state index in [1.54, 1.807) is 11.3 Å². The number of aryl methyl sites for hydroxylation is 2. The van der Waals surface area contributed by atoms with Gasteiger partial charge in [0, 0.05) is 17.0 Å². The number of thiophene rings is 1. The largest absolute Gasteiger partial charge is 0.378 e. The van der Waals surface area contributed by atoms with Crippen LogP contribution in [-0.2, 0) is 22.4 Å². The van der Waals surface area contributed by atoms with Gasteiger partial charge in [-0.2, -0.15) is 0 Å². The number of nitrogens with zero attached hydrogens (tertiary/aromatic N) is 1. The number of carbonyl (C=O) groups excluding carboxylic acids is 2. The minimum atomic E-state index is -0.215. The number of hydrogen-bond acceptors (Lipinski definition) is 5. The van der Waals surface area contributed by atoms with E-state index in [1.807, 2.05) is 6.07 Å². The molecular weight excluding hydrogens is 326 g/mol. The summed E-state index contributed by atoms with van der Waals surface area (Å²) in [5.74, 6) is -0.379. The Labute approximate surface area is 145 Å². The maximum absolute atomic E-state index is 12.3. The summed E-state index contributed by atoms with van der Waals surface area (Å²) in [7, 11) is 0. The van der Waals surface area contributed by atoms with Gasteiger partial charge in [0.2, 0.25) is 0 Å². The van der Waals surface area contributed by atoms with E-state index in [-0.39, 0.29) is 11.8 Å². The molecule has 0 radical (unpaired) electrons. The van der Waals surface area contributed by atoms with E-state index < -0.39 is 0 Å². The fourth-order valence-corrected chi connectivity index (χ4v) is 5.12. The van der Waals surface area contributed by atoms with Gasteiger partial charge in [-0.3, -0.25) is 25.3 Å². The van der Waals surface area contributed by atoms with Crippen molar-refractivity contribution in [2.24, 2.45) is 0 Å². The topological polar surface area (TPSA) is 70.7 Å². The van der Waals surface area contributed by atoms with Gasteiger partial charge in [0.25, 0.3) is 11.8 Å². The Hall–Kier alpha value is -1.44. The zero-order valence-corrected chi connectivity index (χ0v) is 14.5. The average Bonchev–Trinajstić information content (AvgIpc) is 3.10. The molecule has 130 valence electrons. The van der Waals surface area contributed by atoms with Gasteiger partial charge < -0.3 is 4.74 Å². The molecule has 7 heteroatoms. The first-order valence-electron chi connectivity index (χ1n) is 8.75. The number of nitrogens with one attached hydrogen (secondary N) is 2. The van der Waals surface area contributed by atoms with Crippen LogP contribution in [0.5, 0.6) is 0 Å². The highest BCUT2D eigenvalue weighted by Gasteiger charge is 2.38. The Morgan fingerprint density at radius 3 is 2.67 bits per heavy atom. The quantitative estimate of drug-likeness (QED) is 0.806. The van der Waals surface area contributed by atoms with E-state index in [1.165, 1.54) is 23.3 Å². The molecule has 3 aliphatic rings. The Kier molecular flexibility index (Phi) is 4.56. The minimum absolute atomic E-state index is 0.163. The van der Waals surface area contributed by atoms with Gasteiger partial charge in [-0.05, 0) is 50.2 Å². The second-order valence-corrected chi connectivity index (χ2v) is 8.00. The van der Waals surface area contributed by atoms with Gasteiger partial charge in [-0.15, -0.1) is 11.3 Å². The van der Waals surface area contributed by atoms with Crippen molar-refractivity contribution in [3.05, 3.63) is 21.4 Å². The summed E-state index contributed by atoms with van der Waals surface area (Å²) in [5.41, 5.74) is 6.42. The third-order valence-corrected chi connectivity index (χ3v) is 6.49. The Bertz CT molecular complexity index is 606. The lowest BCUT2D eigenvalue weighted by molar-refractivity contribution is -0.125. The first-order valence-corrected chi connectivity index (χ1v) is 9.56. The zero-order valence-electron chi connectivity index (χ0n) is 13.7. The summed E-state index contributed by atoms with van der Waals surface area (Å²) in [6.45, 7) is 1.73. The number of ether oxygens (including phenoxy) is 1. The lowest BCUT2D eigenvalue weighted by Gasteiger charge is -2.33. The number of hydrazine groups is 1. The lowest BCUT2D eigenvalue weighted by atomic mass is 9.99. The highest BCUT2D eigenvalue weighted by atomic mass is 32.1. The van der Waals surface area contributed by atoms with Crippen molar-refractivity contribution < 1.29 is 14.3 Å². The fourth-order valence-electron chi connectivity index (χ4n) is 3.97. The molecule has 1 aliphatic carbocycles. The molecule has 2 aliphatic heterocycles. The van der Waals surface area contributed by atoms with Crippen LogP contribution in [0.1, 0.15) is 45.8 Å². The normalized spacial score (nSPS) is 26.0. The van der Waals surface area contributed by atoms with Gasteiger partial charge >= 0.3 is 0 Å². The fraction of sp³-hybridized carbons (Fsp3) is 0.647. The second kappa shape index (κ2) is 6.82. The third-order valence-electron chi connectivity index (χ3n) is 5.25. The highest BCUT2D eigenvalue weighted by Crippen LogP contribution is 2.30. The van der Waals surface area contributed by atoms with E-state index in [0.717, 1.165) is 25.7 Å². The van der Waals surface area contributed by atoms with Crippen LogP contribution in [0.2, 0.25) is 0 Å². The molecule has 0 aromatic carbocycles. The van der Waals surface area contributed by atoms with Gasteiger partial charge in [-0.1, -0.05) is 0 Å². The van der Waals surface area contributed by atoms with Gasteiger partial charge in [-0.25, -0.2) is 0 Å². The molecule has 1 aromatic rings. The molecule has 1 aromatic heterocycles. The van der Waals surface area contributed by atoms with Crippen molar-refractivity contribution in [1.82, 2.24) is 15.8 Å². The summed E-state index contributed by atoms with van der Waals surface area (Å²) in [5, 5.41) is 0. The van der Waals surface area contributed by atoms with E-state index in [2.05, 4.69) is 15.8 Å². The summed E-state index contributed by atoms with van der Waals surface area (Å²) >= 11 is 1.55. The summed E-state index contributed by atoms with van der Waals surface area (Å²) in [6, 6.07) is 2.66. The first kappa shape index (κ1) is 16.1. The predicted octanol–water partition coefficient (Wildman–Crippen LogP) is 1.25. The Morgan fingerprint density at radius 1 is 1.17 bits per heavy atom. The summed E-state index contributed by atoms with van der Waals surface area (Å²) in [6.07, 6.45) is 6.71. The molecule has 2 unspecified atom stereocenters. The van der Waals surface area contributed by atoms with Crippen LogP contribution in [0.4, 0.5) is 0 Å². The van der Waals surface area contributed by atoms with Crippen LogP contribution in [0.25, 0.3) is 0 Å². The SMILES string of the molecule is O=C(CN1C2CCC1COC2)NNC(=O)c1cc2c(s1)CCCC2. The van der Waals surface area contributed by atoms with Crippen LogP contribution >= 0.6 is 11.3 Å². The molecule has 4 rings (SSSR count). The number of hydrogen-bond donors (Lipinski definition) is 2. The maximum Gasteiger partial charge on any atom is 0.279 e. The number of fused-ring (bicyclic) bond motifs is 3. The first-order chi connectivity index (χ1) is 11.7. The summed E-state index contributed by atoms with van der Waals surface area (Å²) < 4.78 is 5.52. The molecule has 6 nitrogen and oxygen atoms in total. The van der Waals surface area contributed by atoms with Crippen molar-refractivity contribution >= 4 is 23.2 Å². The molecular formula is C17H23N3O3S. The van der Waals surface area contributed by atoms with E-state index in [0.29, 0.717) is 36.7 Å². The van der Waals surface area contributed by atoms with Gasteiger partial charge in [0.05, 0.1) is 24.6 Å². The minimum Gasteiger partial charge on any atom is -0.378 e. The average molecular weight is 349 g/mol. The van der Waals surface area contributed by atoms with Gasteiger partial charge in [0.1, 0.15) is 0 Å². The summed E-state index contributed by atoms with van der Waals surface area (Å²) in [4.78, 5) is 28.6. The van der Waals surface area contributed by atoms with Gasteiger partial charge in [0.15, 0.2) is 0 Å². The molecule has 24 heavy (non-hydrogen) atoms. The molecule has 3 heterocycles. The van der Waals surface area contributed by atoms with Crippen LogP contribution in [0, 0.1) is 0 Å². The molecule has 2 amide bonds. The molecule has 2 saturated heterocycles. The second-order valence-electron chi connectivity index (χ2n) is 6.86. The molecule has 0 spiro atoms. The molecule has 2 fully saturated rings. The van der Waals surface area contributed by atoms with Crippen molar-refractivity contribution in [3.8, 4) is 0 Å². The number of morpholine rings is 1. The molecule has 0 saturated carbocycles. The van der Waals surface area contributed by atoms with Crippen molar-refractivity contribution in [2.45, 2.75) is 50.6 Å². The van der Waals surface area contributed by atoms with E-state index >= 15 is 0 Å². The number of rotatable bonds is 3. The maximum atomic E-state index is 12.3. The Balaban J connectivity index is 1.29. The molecule has 2 bridgehead atoms. The van der Waals surface area contributed by atoms with Crippen LogP contribution in [0.15, 0.2) is 6.07 Å².